The van der Waals surface area contributed by atoms with Crippen LogP contribution in [0.4, 0.5) is 8.78 Å². The van der Waals surface area contributed by atoms with Crippen LogP contribution >= 0.6 is 22.6 Å². The van der Waals surface area contributed by atoms with Crippen molar-refractivity contribution in [2.75, 3.05) is 0 Å². The van der Waals surface area contributed by atoms with E-state index in [0.29, 0.717) is 0 Å². The quantitative estimate of drug-likeness (QED) is 0.630. The normalized spacial score (nSPS) is 11.3. The van der Waals surface area contributed by atoms with E-state index in [1.165, 1.54) is 12.1 Å². The van der Waals surface area contributed by atoms with Crippen molar-refractivity contribution >= 4 is 28.9 Å². The second kappa shape index (κ2) is 4.42. The van der Waals surface area contributed by atoms with E-state index in [-0.39, 0.29) is 5.75 Å². The molecule has 0 spiro atoms. The van der Waals surface area contributed by atoms with Crippen molar-refractivity contribution in [1.82, 2.24) is 0 Å². The van der Waals surface area contributed by atoms with Crippen LogP contribution in [0.2, 0.25) is 0 Å². The van der Waals surface area contributed by atoms with Gasteiger partial charge in [-0.2, -0.15) is 8.78 Å². The van der Waals surface area contributed by atoms with Crippen molar-refractivity contribution in [2.45, 2.75) is 20.0 Å². The third-order valence-corrected chi connectivity index (χ3v) is 3.50. The Labute approximate surface area is 99.8 Å². The molecule has 82 valence electrons. The van der Waals surface area contributed by atoms with Crippen LogP contribution in [0.1, 0.15) is 11.1 Å². The second-order valence-corrected chi connectivity index (χ2v) is 4.23. The summed E-state index contributed by atoms with van der Waals surface area (Å²) in [7, 11) is 0. The van der Waals surface area contributed by atoms with Crippen LogP contribution in [0.3, 0.4) is 0 Å². The first-order valence-corrected chi connectivity index (χ1v) is 5.23. The topological polar surface area (TPSA) is 26.3 Å². The maximum atomic E-state index is 12.6. The fourth-order valence-electron chi connectivity index (χ4n) is 1.15. The van der Waals surface area contributed by atoms with Gasteiger partial charge in [0.25, 0.3) is 0 Å². The third-order valence-electron chi connectivity index (χ3n) is 1.80. The molecule has 1 rings (SSSR count). The number of rotatable bonds is 3. The molecule has 0 saturated carbocycles. The molecule has 2 nitrogen and oxygen atoms in total. The van der Waals surface area contributed by atoms with Crippen LogP contribution in [-0.2, 0) is 4.79 Å². The van der Waals surface area contributed by atoms with Crippen molar-refractivity contribution in [1.29, 1.82) is 0 Å². The summed E-state index contributed by atoms with van der Waals surface area (Å²) in [6, 6.07) is 2.96. The van der Waals surface area contributed by atoms with Crippen molar-refractivity contribution < 1.29 is 18.3 Å². The number of carbonyl (C=O) groups is 1. The van der Waals surface area contributed by atoms with Crippen molar-refractivity contribution in [2.24, 2.45) is 0 Å². The molecule has 0 N–H and O–H groups in total. The number of carbonyl (C=O) groups excluding carboxylic acids is 1. The fourth-order valence-corrected chi connectivity index (χ4v) is 1.46. The number of hydrogen-bond donors (Lipinski definition) is 0. The molecule has 0 aliphatic rings. The van der Waals surface area contributed by atoms with Gasteiger partial charge in [0.2, 0.25) is 6.29 Å². The maximum Gasteiger partial charge on any atom is 0.457 e. The van der Waals surface area contributed by atoms with E-state index >= 15 is 0 Å². The van der Waals surface area contributed by atoms with Gasteiger partial charge in [-0.25, -0.2) is 0 Å². The SMILES string of the molecule is Cc1cc(OC(F)(F)C=O)cc(C)c1I. The molecule has 1 aromatic rings. The summed E-state index contributed by atoms with van der Waals surface area (Å²) >= 11 is 2.12. The van der Waals surface area contributed by atoms with Crippen molar-refractivity contribution in [3.05, 3.63) is 26.8 Å². The highest BCUT2D eigenvalue weighted by atomic mass is 127. The molecule has 0 aliphatic carbocycles. The van der Waals surface area contributed by atoms with Crippen molar-refractivity contribution in [3.63, 3.8) is 0 Å². The lowest BCUT2D eigenvalue weighted by Gasteiger charge is -2.13. The smallest absolute Gasteiger partial charge is 0.427 e. The molecule has 0 fully saturated rings. The highest BCUT2D eigenvalue weighted by Gasteiger charge is 2.31. The highest BCUT2D eigenvalue weighted by Crippen LogP contribution is 2.26. The Kier molecular flexibility index (Phi) is 3.64. The monoisotopic (exact) mass is 326 g/mol. The standard InChI is InChI=1S/C10H9F2IO2/c1-6-3-8(4-7(2)9(6)13)15-10(11,12)5-14/h3-5H,1-2H3. The molecule has 0 unspecified atom stereocenters. The van der Waals surface area contributed by atoms with Crippen LogP contribution in [0.25, 0.3) is 0 Å². The lowest BCUT2D eigenvalue weighted by Crippen LogP contribution is -2.26. The number of aldehydes is 1. The summed E-state index contributed by atoms with van der Waals surface area (Å²) in [5, 5.41) is 0. The molecule has 0 amide bonds. The van der Waals surface area contributed by atoms with Crippen molar-refractivity contribution in [3.8, 4) is 5.75 Å². The number of alkyl halides is 2. The van der Waals surface area contributed by atoms with Gasteiger partial charge in [0.1, 0.15) is 5.75 Å². The Balaban J connectivity index is 3.02. The van der Waals surface area contributed by atoms with Gasteiger partial charge in [0.15, 0.2) is 0 Å². The Hall–Kier alpha value is -0.720. The summed E-state index contributed by atoms with van der Waals surface area (Å²) < 4.78 is 30.5. The molecule has 15 heavy (non-hydrogen) atoms. The van der Waals surface area contributed by atoms with Crippen LogP contribution < -0.4 is 4.74 Å². The summed E-state index contributed by atoms with van der Waals surface area (Å²) in [6.07, 6.45) is -4.28. The minimum atomic E-state index is -3.76. The highest BCUT2D eigenvalue weighted by molar-refractivity contribution is 14.1. The molecular formula is C10H9F2IO2. The fraction of sp³-hybridized carbons (Fsp3) is 0.300. The van der Waals surface area contributed by atoms with E-state index in [4.69, 9.17) is 0 Å². The van der Waals surface area contributed by atoms with Gasteiger partial charge in [-0.15, -0.1) is 0 Å². The minimum Gasteiger partial charge on any atom is -0.427 e. The molecule has 0 radical (unpaired) electrons. The van der Waals surface area contributed by atoms with Crippen LogP contribution in [0, 0.1) is 17.4 Å². The Morgan fingerprint density at radius 3 is 2.20 bits per heavy atom. The zero-order valence-corrected chi connectivity index (χ0v) is 10.3. The number of benzene rings is 1. The lowest BCUT2D eigenvalue weighted by atomic mass is 10.1. The van der Waals surface area contributed by atoms with Gasteiger partial charge in [-0.1, -0.05) is 0 Å². The predicted octanol–water partition coefficient (Wildman–Crippen LogP) is 3.08. The van der Waals surface area contributed by atoms with E-state index in [1.54, 1.807) is 13.8 Å². The minimum absolute atomic E-state index is 0.00233. The lowest BCUT2D eigenvalue weighted by molar-refractivity contribution is -0.176. The van der Waals surface area contributed by atoms with Crippen LogP contribution in [0.5, 0.6) is 5.75 Å². The Bertz CT molecular complexity index is 368. The van der Waals surface area contributed by atoms with Crippen LogP contribution in [-0.4, -0.2) is 12.4 Å². The summed E-state index contributed by atoms with van der Waals surface area (Å²) in [6.45, 7) is 3.58. The number of aryl methyl sites for hydroxylation is 2. The van der Waals surface area contributed by atoms with Gasteiger partial charge < -0.3 is 4.74 Å². The van der Waals surface area contributed by atoms with E-state index in [9.17, 15) is 13.6 Å². The molecule has 5 heteroatoms. The zero-order valence-electron chi connectivity index (χ0n) is 8.18. The maximum absolute atomic E-state index is 12.6. The first-order chi connectivity index (χ1) is 6.85. The largest absolute Gasteiger partial charge is 0.457 e. The molecule has 1 aromatic carbocycles. The van der Waals surface area contributed by atoms with E-state index in [2.05, 4.69) is 27.3 Å². The van der Waals surface area contributed by atoms with Gasteiger partial charge in [-0.3, -0.25) is 4.79 Å². The first kappa shape index (κ1) is 12.4. The molecule has 0 bridgehead atoms. The second-order valence-electron chi connectivity index (χ2n) is 3.15. The summed E-state index contributed by atoms with van der Waals surface area (Å²) in [5.74, 6) is 0.00233. The van der Waals surface area contributed by atoms with Gasteiger partial charge in [0, 0.05) is 3.57 Å². The Morgan fingerprint density at radius 1 is 1.33 bits per heavy atom. The predicted molar refractivity (Wildman–Crippen MR) is 60.3 cm³/mol. The molecule has 0 heterocycles. The number of halogens is 3. The van der Waals surface area contributed by atoms with Gasteiger partial charge >= 0.3 is 6.11 Å². The van der Waals surface area contributed by atoms with Crippen LogP contribution in [0.15, 0.2) is 12.1 Å². The van der Waals surface area contributed by atoms with Gasteiger partial charge in [-0.05, 0) is 59.7 Å². The summed E-state index contributed by atoms with van der Waals surface area (Å²) in [5.41, 5.74) is 1.68. The molecule has 0 aromatic heterocycles. The van der Waals surface area contributed by atoms with E-state index in [1.807, 2.05) is 0 Å². The molecule has 0 aliphatic heterocycles. The number of ether oxygens (including phenoxy) is 1. The average molecular weight is 326 g/mol. The van der Waals surface area contributed by atoms with Gasteiger partial charge in [0.05, 0.1) is 0 Å². The van der Waals surface area contributed by atoms with E-state index < -0.39 is 12.4 Å². The molecular weight excluding hydrogens is 317 g/mol. The molecule has 0 saturated heterocycles. The van der Waals surface area contributed by atoms with E-state index in [0.717, 1.165) is 14.7 Å². The first-order valence-electron chi connectivity index (χ1n) is 4.15. The summed E-state index contributed by atoms with van der Waals surface area (Å²) in [4.78, 5) is 9.99. The average Bonchev–Trinajstić information content (AvgIpc) is 2.13. The molecule has 0 atom stereocenters. The zero-order chi connectivity index (χ0) is 11.6. The Morgan fingerprint density at radius 2 is 1.80 bits per heavy atom. The third kappa shape index (κ3) is 3.12. The number of hydrogen-bond acceptors (Lipinski definition) is 2.